The van der Waals surface area contributed by atoms with Crippen molar-refractivity contribution < 1.29 is 0 Å². The topological polar surface area (TPSA) is 0 Å². The summed E-state index contributed by atoms with van der Waals surface area (Å²) in [4.78, 5) is 0. The van der Waals surface area contributed by atoms with E-state index in [4.69, 9.17) is 0 Å². The Morgan fingerprint density at radius 1 is 0.326 bits per heavy atom. The summed E-state index contributed by atoms with van der Waals surface area (Å²) in [5.74, 6) is 0. The summed E-state index contributed by atoms with van der Waals surface area (Å²) in [6.07, 6.45) is 0. The highest BCUT2D eigenvalue weighted by Crippen LogP contribution is 2.46. The first-order valence-electron chi connectivity index (χ1n) is 16.2. The van der Waals surface area contributed by atoms with Gasteiger partial charge in [0.05, 0.1) is 0 Å². The van der Waals surface area contributed by atoms with Crippen LogP contribution in [0.25, 0.3) is 76.8 Å². The molecule has 0 atom stereocenters. The van der Waals surface area contributed by atoms with Gasteiger partial charge in [0, 0.05) is 0 Å². The summed E-state index contributed by atoms with van der Waals surface area (Å²) in [6.45, 7) is 7.05. The molecule has 0 saturated carbocycles. The first-order valence-corrected chi connectivity index (χ1v) is 16.2. The lowest BCUT2D eigenvalue weighted by Crippen LogP contribution is -2.13. The summed E-state index contributed by atoms with van der Waals surface area (Å²) in [5.41, 5.74) is 11.3. The molecule has 0 radical (unpaired) electrons. The Kier molecular flexibility index (Phi) is 6.80. The molecule has 0 spiro atoms. The molecule has 0 nitrogen and oxygen atoms in total. The summed E-state index contributed by atoms with van der Waals surface area (Å²) in [6, 6.07) is 60.1. The number of rotatable bonds is 4. The summed E-state index contributed by atoms with van der Waals surface area (Å²) in [5, 5.41) is 7.79. The lowest BCUT2D eigenvalue weighted by molar-refractivity contribution is 0.601. The molecule has 0 N–H and O–H groups in total. The van der Waals surface area contributed by atoms with Crippen LogP contribution in [0.1, 0.15) is 26.3 Å². The number of hydrogen-bond donors (Lipinski definition) is 0. The van der Waals surface area contributed by atoms with Crippen molar-refractivity contribution in [3.8, 4) is 44.5 Å². The Morgan fingerprint density at radius 3 is 1.46 bits per heavy atom. The molecule has 46 heavy (non-hydrogen) atoms. The summed E-state index contributed by atoms with van der Waals surface area (Å²) < 4.78 is 0. The lowest BCUT2D eigenvalue weighted by atomic mass is 9.77. The van der Waals surface area contributed by atoms with E-state index in [1.54, 1.807) is 0 Å². The Morgan fingerprint density at radius 2 is 0.826 bits per heavy atom. The quantitative estimate of drug-likeness (QED) is 0.179. The van der Waals surface area contributed by atoms with Gasteiger partial charge in [-0.1, -0.05) is 160 Å². The van der Waals surface area contributed by atoms with Crippen LogP contribution in [0.5, 0.6) is 0 Å². The van der Waals surface area contributed by atoms with E-state index in [1.165, 1.54) is 82.4 Å². The van der Waals surface area contributed by atoms with E-state index < -0.39 is 0 Å². The van der Waals surface area contributed by atoms with Crippen LogP contribution in [0.2, 0.25) is 0 Å². The molecular formula is C46H36. The SMILES string of the molecule is CC(C)(C)c1c2ccccc2c(-c2cccc3ccccc23)c2ccc(-c3cc(-c4ccccc4)cc(-c4ccccc4)c3)cc12. The predicted molar refractivity (Wildman–Crippen MR) is 199 cm³/mol. The summed E-state index contributed by atoms with van der Waals surface area (Å²) in [7, 11) is 0. The molecule has 220 valence electrons. The van der Waals surface area contributed by atoms with Crippen molar-refractivity contribution >= 4 is 32.3 Å². The Hall–Kier alpha value is -5.46. The van der Waals surface area contributed by atoms with Crippen LogP contribution in [0, 0.1) is 0 Å². The van der Waals surface area contributed by atoms with Crippen LogP contribution in [-0.2, 0) is 5.41 Å². The van der Waals surface area contributed by atoms with Crippen molar-refractivity contribution in [1.82, 2.24) is 0 Å². The highest BCUT2D eigenvalue weighted by atomic mass is 14.3. The first kappa shape index (κ1) is 28.0. The standard InChI is InChI=1S/C46H36/c1-46(2,3)45-42-23-13-12-22-40(42)44(39-24-14-20-33-19-10-11-21-38(33)39)41-26-25-34(30-43(41)45)37-28-35(31-15-6-4-7-16-31)27-36(29-37)32-17-8-5-9-18-32/h4-30H,1-3H3. The summed E-state index contributed by atoms with van der Waals surface area (Å²) >= 11 is 0. The molecule has 0 saturated heterocycles. The Labute approximate surface area is 271 Å². The van der Waals surface area contributed by atoms with Crippen LogP contribution in [0.15, 0.2) is 164 Å². The molecule has 0 unspecified atom stereocenters. The van der Waals surface area contributed by atoms with Gasteiger partial charge in [0.25, 0.3) is 0 Å². The molecule has 0 aromatic heterocycles. The molecular weight excluding hydrogens is 553 g/mol. The van der Waals surface area contributed by atoms with E-state index in [2.05, 4.69) is 185 Å². The van der Waals surface area contributed by atoms with E-state index in [0.29, 0.717) is 0 Å². The molecule has 0 heteroatoms. The monoisotopic (exact) mass is 588 g/mol. The van der Waals surface area contributed by atoms with Gasteiger partial charge < -0.3 is 0 Å². The molecule has 0 fully saturated rings. The molecule has 8 rings (SSSR count). The average molecular weight is 589 g/mol. The van der Waals surface area contributed by atoms with Crippen LogP contribution >= 0.6 is 0 Å². The fourth-order valence-corrected chi connectivity index (χ4v) is 7.29. The van der Waals surface area contributed by atoms with Crippen LogP contribution < -0.4 is 0 Å². The van der Waals surface area contributed by atoms with Crippen LogP contribution in [-0.4, -0.2) is 0 Å². The number of benzene rings is 8. The number of hydrogen-bond acceptors (Lipinski definition) is 0. The fraction of sp³-hybridized carbons (Fsp3) is 0.0870. The number of fused-ring (bicyclic) bond motifs is 3. The van der Waals surface area contributed by atoms with Crippen LogP contribution in [0.3, 0.4) is 0 Å². The van der Waals surface area contributed by atoms with Gasteiger partial charge >= 0.3 is 0 Å². The third kappa shape index (κ3) is 4.88. The molecule has 0 heterocycles. The van der Waals surface area contributed by atoms with Crippen molar-refractivity contribution in [2.75, 3.05) is 0 Å². The third-order valence-electron chi connectivity index (χ3n) is 9.31. The minimum absolute atomic E-state index is 0.0607. The van der Waals surface area contributed by atoms with Gasteiger partial charge in [-0.3, -0.25) is 0 Å². The van der Waals surface area contributed by atoms with Gasteiger partial charge in [0.15, 0.2) is 0 Å². The fourth-order valence-electron chi connectivity index (χ4n) is 7.29. The maximum Gasteiger partial charge on any atom is -0.00204 e. The highest BCUT2D eigenvalue weighted by Gasteiger charge is 2.24. The van der Waals surface area contributed by atoms with Gasteiger partial charge in [-0.15, -0.1) is 0 Å². The molecule has 0 bridgehead atoms. The average Bonchev–Trinajstić information content (AvgIpc) is 3.10. The normalized spacial score (nSPS) is 11.8. The van der Waals surface area contributed by atoms with Crippen molar-refractivity contribution in [2.45, 2.75) is 26.2 Å². The molecule has 8 aromatic rings. The second-order valence-corrected chi connectivity index (χ2v) is 13.4. The Balaban J connectivity index is 1.45. The molecule has 8 aromatic carbocycles. The minimum atomic E-state index is -0.0607. The maximum atomic E-state index is 2.45. The van der Waals surface area contributed by atoms with Crippen molar-refractivity contribution in [2.24, 2.45) is 0 Å². The zero-order chi connectivity index (χ0) is 31.3. The predicted octanol–water partition coefficient (Wildman–Crippen LogP) is 13.1. The largest absolute Gasteiger partial charge is 0.0622 e. The van der Waals surface area contributed by atoms with Gasteiger partial charge in [-0.25, -0.2) is 0 Å². The van der Waals surface area contributed by atoms with Gasteiger partial charge in [0.1, 0.15) is 0 Å². The Bertz CT molecular complexity index is 2310. The zero-order valence-corrected chi connectivity index (χ0v) is 26.6. The van der Waals surface area contributed by atoms with E-state index in [1.807, 2.05) is 0 Å². The second-order valence-electron chi connectivity index (χ2n) is 13.4. The molecule has 0 aliphatic carbocycles. The zero-order valence-electron chi connectivity index (χ0n) is 26.6. The van der Waals surface area contributed by atoms with E-state index >= 15 is 0 Å². The lowest BCUT2D eigenvalue weighted by Gasteiger charge is -2.27. The smallest absolute Gasteiger partial charge is 0.00204 e. The van der Waals surface area contributed by atoms with E-state index in [9.17, 15) is 0 Å². The van der Waals surface area contributed by atoms with Crippen molar-refractivity contribution in [1.29, 1.82) is 0 Å². The van der Waals surface area contributed by atoms with Crippen molar-refractivity contribution in [3.63, 3.8) is 0 Å². The first-order chi connectivity index (χ1) is 22.5. The van der Waals surface area contributed by atoms with Gasteiger partial charge in [-0.2, -0.15) is 0 Å². The minimum Gasteiger partial charge on any atom is -0.0622 e. The van der Waals surface area contributed by atoms with Crippen LogP contribution in [0.4, 0.5) is 0 Å². The van der Waals surface area contributed by atoms with Crippen molar-refractivity contribution in [3.05, 3.63) is 169 Å². The molecule has 0 aliphatic heterocycles. The third-order valence-corrected chi connectivity index (χ3v) is 9.31. The second kappa shape index (κ2) is 11.2. The van der Waals surface area contributed by atoms with Gasteiger partial charge in [0.2, 0.25) is 0 Å². The van der Waals surface area contributed by atoms with Gasteiger partial charge in [-0.05, 0) is 112 Å². The highest BCUT2D eigenvalue weighted by molar-refractivity contribution is 6.19. The maximum absolute atomic E-state index is 2.45. The molecule has 0 aliphatic rings. The van der Waals surface area contributed by atoms with E-state index in [-0.39, 0.29) is 5.41 Å². The molecule has 0 amide bonds. The van der Waals surface area contributed by atoms with E-state index in [0.717, 1.165) is 0 Å².